The Bertz CT molecular complexity index is 1300. The van der Waals surface area contributed by atoms with E-state index in [0.717, 1.165) is 48.0 Å². The third kappa shape index (κ3) is 4.37. The molecule has 0 amide bonds. The zero-order chi connectivity index (χ0) is 24.6. The van der Waals surface area contributed by atoms with Crippen LogP contribution in [0.4, 0.5) is 11.6 Å². The molecular formula is C25H33N7O2. The molecule has 6 N–H and O–H groups in total. The van der Waals surface area contributed by atoms with Gasteiger partial charge in [-0.25, -0.2) is 14.5 Å². The molecule has 0 bridgehead atoms. The number of benzene rings is 2. The van der Waals surface area contributed by atoms with Gasteiger partial charge in [0, 0.05) is 29.7 Å². The van der Waals surface area contributed by atoms with E-state index in [1.165, 1.54) is 4.68 Å². The van der Waals surface area contributed by atoms with Crippen molar-refractivity contribution in [1.29, 1.82) is 0 Å². The number of aromatic carboxylic acids is 1. The lowest BCUT2D eigenvalue weighted by Crippen LogP contribution is -2.43. The maximum absolute atomic E-state index is 11.7. The van der Waals surface area contributed by atoms with Gasteiger partial charge in [-0.05, 0) is 55.9 Å². The second-order valence-electron chi connectivity index (χ2n) is 9.85. The van der Waals surface area contributed by atoms with Gasteiger partial charge in [0.1, 0.15) is 0 Å². The number of carboxylic acids is 1. The van der Waals surface area contributed by atoms with Crippen molar-refractivity contribution in [2.75, 3.05) is 29.1 Å². The van der Waals surface area contributed by atoms with Crippen LogP contribution in [0.25, 0.3) is 10.9 Å². The summed E-state index contributed by atoms with van der Waals surface area (Å²) in [5.41, 5.74) is 4.15. The van der Waals surface area contributed by atoms with Crippen molar-refractivity contribution in [1.82, 2.24) is 9.66 Å². The molecule has 2 heterocycles. The zero-order valence-corrected chi connectivity index (χ0v) is 20.2. The largest absolute Gasteiger partial charge is 0.478 e. The van der Waals surface area contributed by atoms with Gasteiger partial charge in [0.15, 0.2) is 5.49 Å². The molecule has 4 rings (SSSR count). The summed E-state index contributed by atoms with van der Waals surface area (Å²) >= 11 is 0. The Hall–Kier alpha value is -3.75. The predicted molar refractivity (Wildman–Crippen MR) is 135 cm³/mol. The number of piperidine rings is 1. The lowest BCUT2D eigenvalue weighted by molar-refractivity contribution is 0.0698. The third-order valence-corrected chi connectivity index (χ3v) is 6.70. The summed E-state index contributed by atoms with van der Waals surface area (Å²) in [5.74, 6) is 11.9. The maximum atomic E-state index is 11.7. The molecule has 2 aromatic carbocycles. The predicted octanol–water partition coefficient (Wildman–Crippen LogP) is 3.33. The summed E-state index contributed by atoms with van der Waals surface area (Å²) in [5, 5.41) is 17.7. The van der Waals surface area contributed by atoms with E-state index in [1.807, 2.05) is 26.0 Å². The number of anilines is 2. The molecule has 1 aliphatic heterocycles. The zero-order valence-electron chi connectivity index (χ0n) is 20.2. The van der Waals surface area contributed by atoms with Crippen LogP contribution in [-0.2, 0) is 0 Å². The van der Waals surface area contributed by atoms with E-state index in [4.69, 9.17) is 16.7 Å². The van der Waals surface area contributed by atoms with E-state index < -0.39 is 5.97 Å². The van der Waals surface area contributed by atoms with Crippen LogP contribution >= 0.6 is 0 Å². The number of para-hydroxylation sites is 1. The fourth-order valence-corrected chi connectivity index (χ4v) is 4.58. The Morgan fingerprint density at radius 3 is 2.56 bits per heavy atom. The molecule has 34 heavy (non-hydrogen) atoms. The van der Waals surface area contributed by atoms with Crippen LogP contribution in [0.5, 0.6) is 0 Å². The fourth-order valence-electron chi connectivity index (χ4n) is 4.58. The van der Waals surface area contributed by atoms with Crippen molar-refractivity contribution in [3.63, 3.8) is 0 Å². The molecule has 1 aromatic heterocycles. The number of hydrogen-bond donors (Lipinski definition) is 4. The van der Waals surface area contributed by atoms with Gasteiger partial charge in [0.2, 0.25) is 5.95 Å². The number of nitrogen functional groups attached to an aromatic ring is 1. The van der Waals surface area contributed by atoms with Gasteiger partial charge >= 0.3 is 5.97 Å². The SMILES string of the molecule is Cc1cc(C(C)Nc2ccccc2C(=O)O)c2nc(N3CCC(C)(C)CC3)n(N)/c(=N\N)c2c1. The van der Waals surface area contributed by atoms with Crippen molar-refractivity contribution in [2.24, 2.45) is 16.4 Å². The highest BCUT2D eigenvalue weighted by Crippen LogP contribution is 2.33. The van der Waals surface area contributed by atoms with Crippen LogP contribution in [-0.4, -0.2) is 33.8 Å². The van der Waals surface area contributed by atoms with E-state index in [2.05, 4.69) is 35.2 Å². The number of nitrogens with two attached hydrogens (primary N) is 2. The van der Waals surface area contributed by atoms with Crippen LogP contribution in [0.2, 0.25) is 0 Å². The smallest absolute Gasteiger partial charge is 0.337 e. The van der Waals surface area contributed by atoms with Crippen molar-refractivity contribution in [3.05, 3.63) is 58.6 Å². The quantitative estimate of drug-likeness (QED) is 0.337. The highest BCUT2D eigenvalue weighted by atomic mass is 16.4. The van der Waals surface area contributed by atoms with Gasteiger partial charge < -0.3 is 27.0 Å². The summed E-state index contributed by atoms with van der Waals surface area (Å²) in [7, 11) is 0. The van der Waals surface area contributed by atoms with Crippen LogP contribution in [0.3, 0.4) is 0 Å². The first-order valence-electron chi connectivity index (χ1n) is 11.5. The summed E-state index contributed by atoms with van der Waals surface area (Å²) in [6, 6.07) is 10.7. The number of carbonyl (C=O) groups is 1. The fraction of sp³-hybridized carbons (Fsp3) is 0.400. The van der Waals surface area contributed by atoms with Crippen molar-refractivity contribution >= 4 is 28.5 Å². The van der Waals surface area contributed by atoms with Crippen molar-refractivity contribution < 1.29 is 9.90 Å². The Balaban J connectivity index is 1.84. The number of aryl methyl sites for hydroxylation is 1. The van der Waals surface area contributed by atoms with E-state index in [-0.39, 0.29) is 17.0 Å². The second-order valence-corrected chi connectivity index (χ2v) is 9.85. The van der Waals surface area contributed by atoms with Gasteiger partial charge in [-0.1, -0.05) is 32.0 Å². The Kier molecular flexibility index (Phi) is 6.12. The number of nitrogens with one attached hydrogen (secondary N) is 1. The molecule has 0 spiro atoms. The Morgan fingerprint density at radius 2 is 1.91 bits per heavy atom. The molecule has 0 radical (unpaired) electrons. The average Bonchev–Trinajstić information content (AvgIpc) is 2.79. The molecule has 3 aromatic rings. The van der Waals surface area contributed by atoms with E-state index in [1.54, 1.807) is 18.2 Å². The first kappa shape index (κ1) is 23.4. The second kappa shape index (κ2) is 8.89. The Morgan fingerprint density at radius 1 is 1.24 bits per heavy atom. The lowest BCUT2D eigenvalue weighted by Gasteiger charge is -2.38. The lowest BCUT2D eigenvalue weighted by atomic mass is 9.83. The molecule has 0 aliphatic carbocycles. The van der Waals surface area contributed by atoms with Crippen molar-refractivity contribution in [2.45, 2.75) is 46.6 Å². The normalized spacial score (nSPS) is 17.1. The maximum Gasteiger partial charge on any atom is 0.337 e. The topological polar surface area (TPSA) is 135 Å². The van der Waals surface area contributed by atoms with Crippen LogP contribution < -0.4 is 27.4 Å². The number of rotatable bonds is 5. The summed E-state index contributed by atoms with van der Waals surface area (Å²) in [6.07, 6.45) is 2.07. The number of fused-ring (bicyclic) bond motifs is 1. The molecule has 1 atom stereocenters. The number of carboxylic acid groups (broad SMARTS) is 1. The molecule has 1 aliphatic rings. The van der Waals surface area contributed by atoms with Crippen molar-refractivity contribution in [3.8, 4) is 0 Å². The minimum absolute atomic E-state index is 0.216. The summed E-state index contributed by atoms with van der Waals surface area (Å²) < 4.78 is 1.47. The molecule has 9 heteroatoms. The van der Waals surface area contributed by atoms with Gasteiger partial charge in [0.05, 0.1) is 17.1 Å². The highest BCUT2D eigenvalue weighted by Gasteiger charge is 2.28. The number of aromatic nitrogens is 2. The summed E-state index contributed by atoms with van der Waals surface area (Å²) in [4.78, 5) is 18.9. The first-order chi connectivity index (χ1) is 16.1. The molecule has 1 saturated heterocycles. The van der Waals surface area contributed by atoms with Gasteiger partial charge in [-0.15, -0.1) is 0 Å². The van der Waals surface area contributed by atoms with Crippen LogP contribution in [0, 0.1) is 12.3 Å². The highest BCUT2D eigenvalue weighted by molar-refractivity contribution is 5.94. The van der Waals surface area contributed by atoms with E-state index >= 15 is 0 Å². The van der Waals surface area contributed by atoms with Crippen LogP contribution in [0.1, 0.15) is 61.1 Å². The van der Waals surface area contributed by atoms with Gasteiger partial charge in [-0.3, -0.25) is 0 Å². The van der Waals surface area contributed by atoms with E-state index in [0.29, 0.717) is 17.1 Å². The number of hydrogen-bond acceptors (Lipinski definition) is 7. The third-order valence-electron chi connectivity index (χ3n) is 6.70. The molecule has 0 saturated carbocycles. The first-order valence-corrected chi connectivity index (χ1v) is 11.5. The molecule has 180 valence electrons. The molecular weight excluding hydrogens is 430 g/mol. The molecule has 1 unspecified atom stereocenters. The van der Waals surface area contributed by atoms with Gasteiger partial charge in [0.25, 0.3) is 0 Å². The number of nitrogens with zero attached hydrogens (tertiary/aromatic N) is 4. The molecule has 9 nitrogen and oxygen atoms in total. The van der Waals surface area contributed by atoms with E-state index in [9.17, 15) is 9.90 Å². The average molecular weight is 464 g/mol. The Labute approximate surface area is 199 Å². The monoisotopic (exact) mass is 463 g/mol. The van der Waals surface area contributed by atoms with Gasteiger partial charge in [-0.2, -0.15) is 5.10 Å². The summed E-state index contributed by atoms with van der Waals surface area (Å²) in [6.45, 7) is 10.2. The standard InChI is InChI=1S/C25H33N7O2/c1-15-13-18(16(2)28-20-8-6-5-7-17(20)23(33)34)21-19(14-15)22(30-26)32(27)24(29-21)31-11-9-25(3,4)10-12-31/h5-8,13-14,16,28H,9-12,26-27H2,1-4H3,(H,33,34)/b30-22-. The van der Waals surface area contributed by atoms with Crippen LogP contribution in [0.15, 0.2) is 41.5 Å². The molecule has 1 fully saturated rings. The minimum atomic E-state index is -0.980. The minimum Gasteiger partial charge on any atom is -0.478 e.